The van der Waals surface area contributed by atoms with Crippen molar-refractivity contribution in [3.05, 3.63) is 65.9 Å². The largest absolute Gasteiger partial charge is 0.369 e. The number of aromatic nitrogens is 1. The van der Waals surface area contributed by atoms with Crippen LogP contribution in [0.3, 0.4) is 0 Å². The molecule has 5 nitrogen and oxygen atoms in total. The Morgan fingerprint density at radius 3 is 2.64 bits per heavy atom. The fourth-order valence-electron chi connectivity index (χ4n) is 3.67. The predicted molar refractivity (Wildman–Crippen MR) is 97.4 cm³/mol. The molecule has 2 heterocycles. The monoisotopic (exact) mass is 333 g/mol. The average Bonchev–Trinajstić information content (AvgIpc) is 3.14. The maximum atomic E-state index is 13.0. The third kappa shape index (κ3) is 2.48. The summed E-state index contributed by atoms with van der Waals surface area (Å²) in [5.74, 6) is -0.881. The third-order valence-electron chi connectivity index (χ3n) is 4.92. The van der Waals surface area contributed by atoms with E-state index < -0.39 is 11.8 Å². The van der Waals surface area contributed by atoms with Crippen LogP contribution in [0.15, 0.2) is 54.6 Å². The van der Waals surface area contributed by atoms with Gasteiger partial charge in [-0.3, -0.25) is 9.59 Å². The van der Waals surface area contributed by atoms with E-state index in [1.165, 1.54) is 0 Å². The number of anilines is 1. The summed E-state index contributed by atoms with van der Waals surface area (Å²) in [5.41, 5.74) is 9.21. The fraction of sp³-hybridized carbons (Fsp3) is 0.200. The van der Waals surface area contributed by atoms with Crippen LogP contribution in [-0.4, -0.2) is 22.9 Å². The molecule has 2 N–H and O–H groups in total. The molecule has 3 aromatic rings. The maximum Gasteiger partial charge on any atom is 0.246 e. The smallest absolute Gasteiger partial charge is 0.246 e. The second-order valence-corrected chi connectivity index (χ2v) is 6.45. The summed E-state index contributed by atoms with van der Waals surface area (Å²) in [6, 6.07) is 17.6. The van der Waals surface area contributed by atoms with Crippen LogP contribution in [0.1, 0.15) is 17.2 Å². The van der Waals surface area contributed by atoms with Crippen molar-refractivity contribution in [3.8, 4) is 0 Å². The lowest BCUT2D eigenvalue weighted by molar-refractivity contribution is -0.119. The van der Waals surface area contributed by atoms with Gasteiger partial charge >= 0.3 is 0 Å². The summed E-state index contributed by atoms with van der Waals surface area (Å²) in [4.78, 5) is 26.4. The Hall–Kier alpha value is -3.08. The highest BCUT2D eigenvalue weighted by molar-refractivity contribution is 6.00. The zero-order chi connectivity index (χ0) is 17.6. The number of carbonyl (C=O) groups excluding carboxylic acids is 2. The van der Waals surface area contributed by atoms with Gasteiger partial charge in [0.2, 0.25) is 11.8 Å². The van der Waals surface area contributed by atoms with Gasteiger partial charge in [0.05, 0.1) is 5.92 Å². The minimum atomic E-state index is -0.442. The Morgan fingerprint density at radius 1 is 1.12 bits per heavy atom. The van der Waals surface area contributed by atoms with Crippen LogP contribution < -0.4 is 10.6 Å². The Labute approximate surface area is 145 Å². The Bertz CT molecular complexity index is 990. The molecule has 1 aliphatic heterocycles. The number of primary amides is 1. The number of para-hydroxylation sites is 2. The molecular formula is C20H19N3O2. The zero-order valence-electron chi connectivity index (χ0n) is 14.0. The fourth-order valence-corrected chi connectivity index (χ4v) is 3.67. The SMILES string of the molecule is Cc1cc2ccccc2n1CC(=O)N1CC(C(N)=O)c2ccccc21. The van der Waals surface area contributed by atoms with E-state index in [2.05, 4.69) is 6.07 Å². The second-order valence-electron chi connectivity index (χ2n) is 6.45. The molecule has 0 fully saturated rings. The van der Waals surface area contributed by atoms with Crippen LogP contribution in [0.25, 0.3) is 10.9 Å². The summed E-state index contributed by atoms with van der Waals surface area (Å²) < 4.78 is 2.01. The number of benzene rings is 2. The number of nitrogens with two attached hydrogens (primary N) is 1. The van der Waals surface area contributed by atoms with Crippen LogP contribution >= 0.6 is 0 Å². The number of hydrogen-bond acceptors (Lipinski definition) is 2. The average molecular weight is 333 g/mol. The van der Waals surface area contributed by atoms with Crippen molar-refractivity contribution in [1.82, 2.24) is 4.57 Å². The molecule has 1 aliphatic rings. The molecule has 1 atom stereocenters. The van der Waals surface area contributed by atoms with Gasteiger partial charge in [0.15, 0.2) is 0 Å². The van der Waals surface area contributed by atoms with Crippen molar-refractivity contribution in [2.75, 3.05) is 11.4 Å². The van der Waals surface area contributed by atoms with E-state index in [0.29, 0.717) is 6.54 Å². The molecule has 5 heteroatoms. The Balaban J connectivity index is 1.68. The summed E-state index contributed by atoms with van der Waals surface area (Å²) in [7, 11) is 0. The third-order valence-corrected chi connectivity index (χ3v) is 4.92. The number of amides is 2. The van der Waals surface area contributed by atoms with Gasteiger partial charge in [-0.25, -0.2) is 0 Å². The first-order chi connectivity index (χ1) is 12.1. The topological polar surface area (TPSA) is 68.3 Å². The number of rotatable bonds is 3. The minimum absolute atomic E-state index is 0.0411. The predicted octanol–water partition coefficient (Wildman–Crippen LogP) is 2.57. The van der Waals surface area contributed by atoms with Crippen LogP contribution in [0.2, 0.25) is 0 Å². The first-order valence-electron chi connectivity index (χ1n) is 8.30. The zero-order valence-corrected chi connectivity index (χ0v) is 14.0. The number of hydrogen-bond donors (Lipinski definition) is 1. The van der Waals surface area contributed by atoms with Crippen molar-refractivity contribution in [3.63, 3.8) is 0 Å². The summed E-state index contributed by atoms with van der Waals surface area (Å²) >= 11 is 0. The number of aryl methyl sites for hydroxylation is 1. The first-order valence-corrected chi connectivity index (χ1v) is 8.30. The van der Waals surface area contributed by atoms with Crippen molar-refractivity contribution in [1.29, 1.82) is 0 Å². The molecule has 2 aromatic carbocycles. The minimum Gasteiger partial charge on any atom is -0.369 e. The van der Waals surface area contributed by atoms with E-state index in [9.17, 15) is 9.59 Å². The molecular weight excluding hydrogens is 314 g/mol. The summed E-state index contributed by atoms with van der Waals surface area (Å²) in [6.07, 6.45) is 0. The molecule has 1 aromatic heterocycles. The molecule has 0 spiro atoms. The van der Waals surface area contributed by atoms with Crippen LogP contribution in [0.4, 0.5) is 5.69 Å². The molecule has 0 bridgehead atoms. The van der Waals surface area contributed by atoms with Crippen LogP contribution in [-0.2, 0) is 16.1 Å². The molecule has 0 saturated carbocycles. The van der Waals surface area contributed by atoms with Crippen molar-refractivity contribution < 1.29 is 9.59 Å². The molecule has 126 valence electrons. The van der Waals surface area contributed by atoms with E-state index >= 15 is 0 Å². The van der Waals surface area contributed by atoms with Crippen LogP contribution in [0.5, 0.6) is 0 Å². The molecule has 25 heavy (non-hydrogen) atoms. The van der Waals surface area contributed by atoms with Crippen molar-refractivity contribution in [2.45, 2.75) is 19.4 Å². The number of nitrogens with zero attached hydrogens (tertiary/aromatic N) is 2. The summed E-state index contributed by atoms with van der Waals surface area (Å²) in [6.45, 7) is 2.54. The summed E-state index contributed by atoms with van der Waals surface area (Å²) in [5, 5.41) is 1.12. The van der Waals surface area contributed by atoms with E-state index in [1.54, 1.807) is 4.90 Å². The highest BCUT2D eigenvalue weighted by Gasteiger charge is 2.35. The Morgan fingerprint density at radius 2 is 1.84 bits per heavy atom. The lowest BCUT2D eigenvalue weighted by Gasteiger charge is -2.19. The number of fused-ring (bicyclic) bond motifs is 2. The van der Waals surface area contributed by atoms with Gasteiger partial charge in [-0.15, -0.1) is 0 Å². The molecule has 2 amide bonds. The highest BCUT2D eigenvalue weighted by atomic mass is 16.2. The molecule has 0 saturated heterocycles. The van der Waals surface area contributed by atoms with Gasteiger partial charge in [-0.1, -0.05) is 36.4 Å². The van der Waals surface area contributed by atoms with E-state index in [-0.39, 0.29) is 12.5 Å². The van der Waals surface area contributed by atoms with Crippen LogP contribution in [0, 0.1) is 6.92 Å². The van der Waals surface area contributed by atoms with E-state index in [0.717, 1.165) is 27.8 Å². The van der Waals surface area contributed by atoms with E-state index in [4.69, 9.17) is 5.73 Å². The van der Waals surface area contributed by atoms with Gasteiger partial charge in [0.25, 0.3) is 0 Å². The molecule has 4 rings (SSSR count). The molecule has 0 aliphatic carbocycles. The van der Waals surface area contributed by atoms with Crippen molar-refractivity contribution in [2.24, 2.45) is 5.73 Å². The number of carbonyl (C=O) groups is 2. The van der Waals surface area contributed by atoms with Gasteiger partial charge < -0.3 is 15.2 Å². The van der Waals surface area contributed by atoms with E-state index in [1.807, 2.05) is 60.0 Å². The van der Waals surface area contributed by atoms with Gasteiger partial charge in [0.1, 0.15) is 6.54 Å². The van der Waals surface area contributed by atoms with Gasteiger partial charge in [-0.05, 0) is 36.1 Å². The second kappa shape index (κ2) is 5.77. The maximum absolute atomic E-state index is 13.0. The molecule has 1 unspecified atom stereocenters. The van der Waals surface area contributed by atoms with Gasteiger partial charge in [-0.2, -0.15) is 0 Å². The van der Waals surface area contributed by atoms with Gasteiger partial charge in [0, 0.05) is 23.4 Å². The highest BCUT2D eigenvalue weighted by Crippen LogP contribution is 2.36. The lowest BCUT2D eigenvalue weighted by Crippen LogP contribution is -2.35. The quantitative estimate of drug-likeness (QED) is 0.800. The standard InChI is InChI=1S/C20H19N3O2/c1-13-10-14-6-2-4-8-17(14)22(13)12-19(24)23-11-16(20(21)25)15-7-3-5-9-18(15)23/h2-10,16H,11-12H2,1H3,(H2,21,25). The Kier molecular flexibility index (Phi) is 3.57. The van der Waals surface area contributed by atoms with Crippen molar-refractivity contribution >= 4 is 28.4 Å². The lowest BCUT2D eigenvalue weighted by atomic mass is 10.0. The molecule has 0 radical (unpaired) electrons. The first kappa shape index (κ1) is 15.4. The normalized spacial score (nSPS) is 16.2.